The SMILES string of the molecule is C=CCN(Cc1ccc(C#N)cc1)C(=O)c1cccc(S(=O)(=O)Nc2ccc(OC)cc2)c1. The maximum absolute atomic E-state index is 13.2. The summed E-state index contributed by atoms with van der Waals surface area (Å²) < 4.78 is 33.3. The average molecular weight is 462 g/mol. The molecule has 0 bridgehead atoms. The van der Waals surface area contributed by atoms with Crippen LogP contribution >= 0.6 is 0 Å². The first-order valence-corrected chi connectivity index (χ1v) is 11.5. The van der Waals surface area contributed by atoms with Gasteiger partial charge >= 0.3 is 0 Å². The number of rotatable bonds is 9. The lowest BCUT2D eigenvalue weighted by Crippen LogP contribution is -2.31. The van der Waals surface area contributed by atoms with Crippen LogP contribution in [-0.4, -0.2) is 32.9 Å². The summed E-state index contributed by atoms with van der Waals surface area (Å²) in [7, 11) is -2.38. The Balaban J connectivity index is 1.82. The van der Waals surface area contributed by atoms with Crippen LogP contribution in [0.4, 0.5) is 5.69 Å². The van der Waals surface area contributed by atoms with Crippen molar-refractivity contribution in [2.24, 2.45) is 0 Å². The van der Waals surface area contributed by atoms with Gasteiger partial charge < -0.3 is 9.64 Å². The second kappa shape index (κ2) is 10.5. The summed E-state index contributed by atoms with van der Waals surface area (Å²) in [5.41, 5.74) is 1.99. The fourth-order valence-electron chi connectivity index (χ4n) is 3.13. The fourth-order valence-corrected chi connectivity index (χ4v) is 4.24. The van der Waals surface area contributed by atoms with Gasteiger partial charge in [0.2, 0.25) is 0 Å². The monoisotopic (exact) mass is 461 g/mol. The van der Waals surface area contributed by atoms with Gasteiger partial charge in [0.05, 0.1) is 23.6 Å². The van der Waals surface area contributed by atoms with Crippen molar-refractivity contribution in [1.29, 1.82) is 5.26 Å². The standard InChI is InChI=1S/C25H23N3O4S/c1-3-15-28(18-20-9-7-19(17-26)8-10-20)25(29)21-5-4-6-24(16-21)33(30,31)27-22-11-13-23(32-2)14-12-22/h3-14,16,27H,1,15,18H2,2H3. The van der Waals surface area contributed by atoms with Gasteiger partial charge in [0.25, 0.3) is 15.9 Å². The predicted octanol–water partition coefficient (Wildman–Crippen LogP) is 4.20. The number of carbonyl (C=O) groups excluding carboxylic acids is 1. The Hall–Kier alpha value is -4.09. The Morgan fingerprint density at radius 2 is 1.82 bits per heavy atom. The second-order valence-corrected chi connectivity index (χ2v) is 8.83. The molecule has 3 aromatic rings. The number of hydrogen-bond acceptors (Lipinski definition) is 5. The highest BCUT2D eigenvalue weighted by atomic mass is 32.2. The maximum Gasteiger partial charge on any atom is 0.261 e. The Bertz CT molecular complexity index is 1280. The van der Waals surface area contributed by atoms with Gasteiger partial charge in [-0.2, -0.15) is 5.26 Å². The van der Waals surface area contributed by atoms with Gasteiger partial charge in [-0.15, -0.1) is 6.58 Å². The molecule has 0 aliphatic heterocycles. The highest BCUT2D eigenvalue weighted by Crippen LogP contribution is 2.21. The van der Waals surface area contributed by atoms with E-state index in [1.165, 1.54) is 25.3 Å². The third-order valence-electron chi connectivity index (χ3n) is 4.83. The molecule has 0 heterocycles. The normalized spacial score (nSPS) is 10.7. The van der Waals surface area contributed by atoms with Crippen LogP contribution in [0.1, 0.15) is 21.5 Å². The van der Waals surface area contributed by atoms with Crippen molar-refractivity contribution in [2.45, 2.75) is 11.4 Å². The van der Waals surface area contributed by atoms with Gasteiger partial charge in [-0.1, -0.05) is 24.3 Å². The number of nitriles is 1. The molecule has 0 aliphatic rings. The predicted molar refractivity (Wildman–Crippen MR) is 126 cm³/mol. The summed E-state index contributed by atoms with van der Waals surface area (Å²) in [6.07, 6.45) is 1.60. The van der Waals surface area contributed by atoms with Crippen LogP contribution in [-0.2, 0) is 16.6 Å². The summed E-state index contributed by atoms with van der Waals surface area (Å²) in [4.78, 5) is 14.7. The van der Waals surface area contributed by atoms with Crippen molar-refractivity contribution >= 4 is 21.6 Å². The van der Waals surface area contributed by atoms with Gasteiger partial charge in [-0.25, -0.2) is 8.42 Å². The van der Waals surface area contributed by atoms with Crippen LogP contribution in [0.2, 0.25) is 0 Å². The van der Waals surface area contributed by atoms with Gasteiger partial charge in [0.1, 0.15) is 5.75 Å². The van der Waals surface area contributed by atoms with E-state index in [1.54, 1.807) is 65.6 Å². The summed E-state index contributed by atoms with van der Waals surface area (Å²) >= 11 is 0. The van der Waals surface area contributed by atoms with Crippen LogP contribution in [0.15, 0.2) is 90.3 Å². The summed E-state index contributed by atoms with van der Waals surface area (Å²) in [6.45, 7) is 4.28. The van der Waals surface area contributed by atoms with Gasteiger partial charge in [-0.3, -0.25) is 9.52 Å². The molecule has 0 unspecified atom stereocenters. The number of nitrogens with one attached hydrogen (secondary N) is 1. The molecule has 0 saturated heterocycles. The Morgan fingerprint density at radius 1 is 1.12 bits per heavy atom. The third kappa shape index (κ3) is 5.99. The van der Waals surface area contributed by atoms with E-state index in [2.05, 4.69) is 17.4 Å². The summed E-state index contributed by atoms with van der Waals surface area (Å²) in [5.74, 6) is 0.274. The smallest absolute Gasteiger partial charge is 0.261 e. The lowest BCUT2D eigenvalue weighted by molar-refractivity contribution is 0.0762. The Morgan fingerprint density at radius 3 is 2.42 bits per heavy atom. The highest BCUT2D eigenvalue weighted by Gasteiger charge is 2.20. The first-order chi connectivity index (χ1) is 15.9. The number of sulfonamides is 1. The van der Waals surface area contributed by atoms with E-state index in [0.717, 1.165) is 5.56 Å². The van der Waals surface area contributed by atoms with Crippen molar-refractivity contribution < 1.29 is 17.9 Å². The quantitative estimate of drug-likeness (QED) is 0.482. The van der Waals surface area contributed by atoms with E-state index in [4.69, 9.17) is 10.00 Å². The van der Waals surface area contributed by atoms with Crippen molar-refractivity contribution in [1.82, 2.24) is 4.90 Å². The maximum atomic E-state index is 13.2. The van der Waals surface area contributed by atoms with Crippen molar-refractivity contribution in [3.05, 3.63) is 102 Å². The van der Waals surface area contributed by atoms with Gasteiger partial charge in [0.15, 0.2) is 0 Å². The highest BCUT2D eigenvalue weighted by molar-refractivity contribution is 7.92. The van der Waals surface area contributed by atoms with E-state index < -0.39 is 10.0 Å². The Labute approximate surface area is 193 Å². The molecule has 1 N–H and O–H groups in total. The average Bonchev–Trinajstić information content (AvgIpc) is 2.84. The zero-order valence-electron chi connectivity index (χ0n) is 18.1. The molecule has 3 aromatic carbocycles. The molecule has 0 aliphatic carbocycles. The number of anilines is 1. The van der Waals surface area contributed by atoms with Crippen LogP contribution in [0, 0.1) is 11.3 Å². The molecular formula is C25H23N3O4S. The van der Waals surface area contributed by atoms with E-state index in [-0.39, 0.29) is 29.5 Å². The molecule has 0 spiro atoms. The molecule has 168 valence electrons. The largest absolute Gasteiger partial charge is 0.497 e. The molecule has 0 saturated carbocycles. The molecule has 0 fully saturated rings. The minimum absolute atomic E-state index is 0.0268. The molecule has 3 rings (SSSR count). The minimum atomic E-state index is -3.91. The molecule has 0 aromatic heterocycles. The zero-order chi connectivity index (χ0) is 23.8. The first kappa shape index (κ1) is 23.6. The number of amides is 1. The van der Waals surface area contributed by atoms with Crippen molar-refractivity contribution in [3.8, 4) is 11.8 Å². The number of ether oxygens (including phenoxy) is 1. The minimum Gasteiger partial charge on any atom is -0.497 e. The molecule has 0 atom stereocenters. The number of hydrogen-bond donors (Lipinski definition) is 1. The van der Waals surface area contributed by atoms with Crippen LogP contribution in [0.3, 0.4) is 0 Å². The molecule has 7 nitrogen and oxygen atoms in total. The molecule has 8 heteroatoms. The van der Waals surface area contributed by atoms with Crippen molar-refractivity contribution in [2.75, 3.05) is 18.4 Å². The van der Waals surface area contributed by atoms with Crippen LogP contribution in [0.25, 0.3) is 0 Å². The van der Waals surface area contributed by atoms with Crippen molar-refractivity contribution in [3.63, 3.8) is 0 Å². The molecule has 0 radical (unpaired) electrons. The van der Waals surface area contributed by atoms with Gasteiger partial charge in [-0.05, 0) is 60.2 Å². The van der Waals surface area contributed by atoms with Gasteiger partial charge in [0, 0.05) is 24.3 Å². The second-order valence-electron chi connectivity index (χ2n) is 7.14. The fraction of sp³-hybridized carbons (Fsp3) is 0.120. The molecular weight excluding hydrogens is 438 g/mol. The topological polar surface area (TPSA) is 99.5 Å². The summed E-state index contributed by atoms with van der Waals surface area (Å²) in [5, 5.41) is 8.95. The van der Waals surface area contributed by atoms with E-state index in [0.29, 0.717) is 17.0 Å². The lowest BCUT2D eigenvalue weighted by Gasteiger charge is -2.22. The number of methoxy groups -OCH3 is 1. The first-order valence-electron chi connectivity index (χ1n) is 10.0. The zero-order valence-corrected chi connectivity index (χ0v) is 18.9. The number of benzene rings is 3. The molecule has 33 heavy (non-hydrogen) atoms. The van der Waals surface area contributed by atoms with Crippen LogP contribution in [0.5, 0.6) is 5.75 Å². The number of carbonyl (C=O) groups is 1. The van der Waals surface area contributed by atoms with E-state index >= 15 is 0 Å². The lowest BCUT2D eigenvalue weighted by atomic mass is 10.1. The summed E-state index contributed by atoms with van der Waals surface area (Å²) in [6, 6.07) is 21.4. The molecule has 1 amide bonds. The Kier molecular flexibility index (Phi) is 7.49. The third-order valence-corrected chi connectivity index (χ3v) is 6.21. The van der Waals surface area contributed by atoms with Crippen LogP contribution < -0.4 is 9.46 Å². The van der Waals surface area contributed by atoms with E-state index in [1.807, 2.05) is 0 Å². The number of nitrogens with zero attached hydrogens (tertiary/aromatic N) is 2. The van der Waals surface area contributed by atoms with E-state index in [9.17, 15) is 13.2 Å².